The number of halogens is 3. The summed E-state index contributed by atoms with van der Waals surface area (Å²) in [6, 6.07) is 11.5. The third-order valence-corrected chi connectivity index (χ3v) is 3.50. The lowest BCUT2D eigenvalue weighted by Gasteiger charge is -2.15. The van der Waals surface area contributed by atoms with E-state index in [1.54, 1.807) is 30.3 Å². The van der Waals surface area contributed by atoms with Crippen molar-refractivity contribution in [3.05, 3.63) is 63.3 Å². The Bertz CT molecular complexity index is 579. The van der Waals surface area contributed by atoms with Crippen LogP contribution in [0.3, 0.4) is 0 Å². The quantitative estimate of drug-likeness (QED) is 0.862. The number of rotatable bonds is 4. The minimum absolute atomic E-state index is 0.178. The second-order valence-corrected chi connectivity index (χ2v) is 5.37. The molecule has 0 aromatic heterocycles. The van der Waals surface area contributed by atoms with Crippen LogP contribution in [0.5, 0.6) is 0 Å². The molecule has 1 unspecified atom stereocenters. The van der Waals surface area contributed by atoms with Crippen molar-refractivity contribution in [1.82, 2.24) is 0 Å². The van der Waals surface area contributed by atoms with Crippen molar-refractivity contribution in [2.75, 3.05) is 11.9 Å². The van der Waals surface area contributed by atoms with Crippen molar-refractivity contribution < 1.29 is 9.50 Å². The number of aliphatic hydroxyl groups is 1. The summed E-state index contributed by atoms with van der Waals surface area (Å²) < 4.78 is 14.4. The minimum Gasteiger partial charge on any atom is -0.386 e. The average molecular weight is 345 g/mol. The molecule has 0 aliphatic heterocycles. The van der Waals surface area contributed by atoms with E-state index in [4.69, 9.17) is 11.6 Å². The first-order valence-corrected chi connectivity index (χ1v) is 6.86. The summed E-state index contributed by atoms with van der Waals surface area (Å²) in [4.78, 5) is 0. The monoisotopic (exact) mass is 343 g/mol. The van der Waals surface area contributed by atoms with Gasteiger partial charge in [0.25, 0.3) is 0 Å². The van der Waals surface area contributed by atoms with Crippen LogP contribution in [-0.4, -0.2) is 11.7 Å². The summed E-state index contributed by atoms with van der Waals surface area (Å²) in [5, 5.41) is 13.5. The molecule has 2 aromatic rings. The van der Waals surface area contributed by atoms with E-state index in [-0.39, 0.29) is 12.1 Å². The van der Waals surface area contributed by atoms with Crippen LogP contribution in [0, 0.1) is 5.82 Å². The van der Waals surface area contributed by atoms with Crippen molar-refractivity contribution in [2.24, 2.45) is 0 Å². The van der Waals surface area contributed by atoms with E-state index in [2.05, 4.69) is 21.2 Å². The van der Waals surface area contributed by atoms with E-state index in [0.717, 1.165) is 4.47 Å². The van der Waals surface area contributed by atoms with Crippen LogP contribution in [-0.2, 0) is 0 Å². The van der Waals surface area contributed by atoms with Crippen molar-refractivity contribution in [2.45, 2.75) is 6.10 Å². The Hall–Kier alpha value is -1.10. The fourth-order valence-corrected chi connectivity index (χ4v) is 2.24. The van der Waals surface area contributed by atoms with Gasteiger partial charge in [0.1, 0.15) is 5.82 Å². The first kappa shape index (κ1) is 14.3. The van der Waals surface area contributed by atoms with E-state index >= 15 is 0 Å². The second kappa shape index (κ2) is 6.37. The maximum Gasteiger partial charge on any atom is 0.129 e. The van der Waals surface area contributed by atoms with E-state index in [9.17, 15) is 9.50 Å². The molecule has 0 amide bonds. The molecular formula is C14H12BrClFNO. The summed E-state index contributed by atoms with van der Waals surface area (Å²) in [7, 11) is 0. The van der Waals surface area contributed by atoms with Crippen LogP contribution in [0.25, 0.3) is 0 Å². The second-order valence-electron chi connectivity index (χ2n) is 4.04. The summed E-state index contributed by atoms with van der Waals surface area (Å²) >= 11 is 9.36. The van der Waals surface area contributed by atoms with Gasteiger partial charge in [0.05, 0.1) is 16.8 Å². The van der Waals surface area contributed by atoms with E-state index in [1.165, 1.54) is 6.07 Å². The lowest BCUT2D eigenvalue weighted by atomic mass is 10.1. The van der Waals surface area contributed by atoms with E-state index < -0.39 is 11.9 Å². The highest BCUT2D eigenvalue weighted by atomic mass is 79.9. The lowest BCUT2D eigenvalue weighted by molar-refractivity contribution is 0.186. The van der Waals surface area contributed by atoms with Gasteiger partial charge in [-0.3, -0.25) is 0 Å². The Kier molecular flexibility index (Phi) is 4.80. The SMILES string of the molecule is OC(CNc1cc(Br)ccc1Cl)c1ccccc1F. The number of hydrogen-bond acceptors (Lipinski definition) is 2. The molecule has 2 aromatic carbocycles. The molecule has 0 spiro atoms. The number of aliphatic hydroxyl groups excluding tert-OH is 1. The molecule has 0 aliphatic carbocycles. The predicted octanol–water partition coefficient (Wildman–Crippen LogP) is 4.39. The van der Waals surface area contributed by atoms with Gasteiger partial charge in [-0.15, -0.1) is 0 Å². The number of nitrogens with one attached hydrogen (secondary N) is 1. The zero-order valence-electron chi connectivity index (χ0n) is 9.91. The fraction of sp³-hybridized carbons (Fsp3) is 0.143. The summed E-state index contributed by atoms with van der Waals surface area (Å²) in [6.07, 6.45) is -0.934. The van der Waals surface area contributed by atoms with E-state index in [1.807, 2.05) is 6.07 Å². The lowest BCUT2D eigenvalue weighted by Crippen LogP contribution is -2.13. The Morgan fingerprint density at radius 2 is 2.00 bits per heavy atom. The zero-order valence-corrected chi connectivity index (χ0v) is 12.2. The van der Waals surface area contributed by atoms with E-state index in [0.29, 0.717) is 10.7 Å². The number of anilines is 1. The summed E-state index contributed by atoms with van der Waals surface area (Å²) in [5.74, 6) is -0.419. The Morgan fingerprint density at radius 1 is 1.26 bits per heavy atom. The Morgan fingerprint density at radius 3 is 2.74 bits per heavy atom. The molecule has 1 atom stereocenters. The number of benzene rings is 2. The van der Waals surface area contributed by atoms with Crippen LogP contribution < -0.4 is 5.32 Å². The van der Waals surface area contributed by atoms with Gasteiger partial charge in [-0.05, 0) is 24.3 Å². The van der Waals surface area contributed by atoms with Gasteiger partial charge in [-0.2, -0.15) is 0 Å². The Labute approximate surface area is 124 Å². The summed E-state index contributed by atoms with van der Waals surface area (Å²) in [6.45, 7) is 0.178. The van der Waals surface area contributed by atoms with Gasteiger partial charge >= 0.3 is 0 Å². The van der Waals surface area contributed by atoms with Crippen LogP contribution in [0.1, 0.15) is 11.7 Å². The van der Waals surface area contributed by atoms with Gasteiger partial charge in [-0.25, -0.2) is 4.39 Å². The van der Waals surface area contributed by atoms with Gasteiger partial charge in [0, 0.05) is 16.6 Å². The smallest absolute Gasteiger partial charge is 0.129 e. The average Bonchev–Trinajstić information content (AvgIpc) is 2.40. The van der Waals surface area contributed by atoms with Gasteiger partial charge in [-0.1, -0.05) is 45.7 Å². The number of hydrogen-bond donors (Lipinski definition) is 2. The highest BCUT2D eigenvalue weighted by Crippen LogP contribution is 2.26. The standard InChI is InChI=1S/C14H12BrClFNO/c15-9-5-6-11(16)13(7-9)18-8-14(19)10-3-1-2-4-12(10)17/h1-7,14,18-19H,8H2. The molecule has 2 rings (SSSR count). The molecule has 0 aliphatic rings. The normalized spacial score (nSPS) is 12.2. The van der Waals surface area contributed by atoms with Crippen LogP contribution in [0.15, 0.2) is 46.9 Å². The highest BCUT2D eigenvalue weighted by molar-refractivity contribution is 9.10. The zero-order chi connectivity index (χ0) is 13.8. The van der Waals surface area contributed by atoms with Crippen LogP contribution in [0.4, 0.5) is 10.1 Å². The van der Waals surface area contributed by atoms with Crippen LogP contribution >= 0.6 is 27.5 Å². The van der Waals surface area contributed by atoms with Crippen molar-refractivity contribution in [3.63, 3.8) is 0 Å². The van der Waals surface area contributed by atoms with Crippen LogP contribution in [0.2, 0.25) is 5.02 Å². The van der Waals surface area contributed by atoms with Crippen molar-refractivity contribution in [1.29, 1.82) is 0 Å². The molecule has 0 heterocycles. The summed E-state index contributed by atoms with van der Waals surface area (Å²) in [5.41, 5.74) is 0.951. The first-order chi connectivity index (χ1) is 9.08. The fourth-order valence-electron chi connectivity index (χ4n) is 1.69. The molecule has 0 radical (unpaired) electrons. The maximum absolute atomic E-state index is 13.5. The molecule has 19 heavy (non-hydrogen) atoms. The molecule has 0 bridgehead atoms. The van der Waals surface area contributed by atoms with Gasteiger partial charge in [0.2, 0.25) is 0 Å². The van der Waals surface area contributed by atoms with Crippen molar-refractivity contribution >= 4 is 33.2 Å². The third kappa shape index (κ3) is 3.69. The maximum atomic E-state index is 13.5. The van der Waals surface area contributed by atoms with Gasteiger partial charge < -0.3 is 10.4 Å². The topological polar surface area (TPSA) is 32.3 Å². The molecule has 2 nitrogen and oxygen atoms in total. The molecule has 0 saturated heterocycles. The molecule has 0 fully saturated rings. The molecular weight excluding hydrogens is 333 g/mol. The largest absolute Gasteiger partial charge is 0.386 e. The molecule has 100 valence electrons. The third-order valence-electron chi connectivity index (χ3n) is 2.68. The molecule has 2 N–H and O–H groups in total. The predicted molar refractivity (Wildman–Crippen MR) is 79.0 cm³/mol. The first-order valence-electron chi connectivity index (χ1n) is 5.69. The minimum atomic E-state index is -0.934. The molecule has 0 saturated carbocycles. The van der Waals surface area contributed by atoms with Crippen molar-refractivity contribution in [3.8, 4) is 0 Å². The highest BCUT2D eigenvalue weighted by Gasteiger charge is 2.12. The Balaban J connectivity index is 2.06. The van der Waals surface area contributed by atoms with Gasteiger partial charge in [0.15, 0.2) is 0 Å². The molecule has 5 heteroatoms.